The van der Waals surface area contributed by atoms with Crippen LogP contribution in [-0.4, -0.2) is 21.8 Å². The lowest BCUT2D eigenvalue weighted by Crippen LogP contribution is -2.09. The molecule has 0 radical (unpaired) electrons. The molecule has 22 heavy (non-hydrogen) atoms. The van der Waals surface area contributed by atoms with Crippen molar-refractivity contribution in [2.75, 3.05) is 0 Å². The van der Waals surface area contributed by atoms with Gasteiger partial charge in [-0.3, -0.25) is 4.79 Å². The van der Waals surface area contributed by atoms with Gasteiger partial charge in [-0.05, 0) is 37.1 Å². The lowest BCUT2D eigenvalue weighted by atomic mass is 10.00. The molecule has 0 saturated heterocycles. The highest BCUT2D eigenvalue weighted by atomic mass is 16.4. The number of aromatic carboxylic acids is 1. The summed E-state index contributed by atoms with van der Waals surface area (Å²) in [4.78, 5) is 27.2. The summed E-state index contributed by atoms with van der Waals surface area (Å²) < 4.78 is 0. The lowest BCUT2D eigenvalue weighted by Gasteiger charge is -2.04. The van der Waals surface area contributed by atoms with Crippen molar-refractivity contribution in [2.24, 2.45) is 0 Å². The second-order valence-corrected chi connectivity index (χ2v) is 5.35. The molecule has 0 amide bonds. The third-order valence-electron chi connectivity index (χ3n) is 3.92. The van der Waals surface area contributed by atoms with Crippen LogP contribution in [0.2, 0.25) is 0 Å². The van der Waals surface area contributed by atoms with Crippen LogP contribution in [0.15, 0.2) is 42.5 Å². The molecule has 3 aromatic rings. The minimum absolute atomic E-state index is 0.0267. The van der Waals surface area contributed by atoms with Gasteiger partial charge in [-0.2, -0.15) is 0 Å². The summed E-state index contributed by atoms with van der Waals surface area (Å²) in [5.74, 6) is -1.42. The molecule has 2 aromatic carbocycles. The van der Waals surface area contributed by atoms with Gasteiger partial charge in [-0.1, -0.05) is 30.3 Å². The summed E-state index contributed by atoms with van der Waals surface area (Å²) in [5, 5.41) is 10.0. The van der Waals surface area contributed by atoms with E-state index in [9.17, 15) is 14.7 Å². The topological polar surface area (TPSA) is 70.2 Å². The Morgan fingerprint density at radius 3 is 2.41 bits per heavy atom. The van der Waals surface area contributed by atoms with Crippen molar-refractivity contribution in [3.8, 4) is 0 Å². The van der Waals surface area contributed by atoms with Gasteiger partial charge in [0.15, 0.2) is 0 Å². The predicted octanol–water partition coefficient (Wildman–Crippen LogP) is 3.71. The Labute approximate surface area is 127 Å². The number of aromatic amines is 1. The van der Waals surface area contributed by atoms with Crippen LogP contribution < -0.4 is 0 Å². The van der Waals surface area contributed by atoms with Crippen LogP contribution in [0.25, 0.3) is 10.9 Å². The smallest absolute Gasteiger partial charge is 0.338 e. The third kappa shape index (κ3) is 2.19. The van der Waals surface area contributed by atoms with E-state index in [1.807, 2.05) is 19.9 Å². The van der Waals surface area contributed by atoms with E-state index in [1.54, 1.807) is 36.4 Å². The van der Waals surface area contributed by atoms with E-state index in [0.717, 1.165) is 11.1 Å². The number of fused-ring (bicyclic) bond motifs is 1. The number of H-pyrrole nitrogens is 1. The summed E-state index contributed by atoms with van der Waals surface area (Å²) >= 11 is 0. The summed E-state index contributed by atoms with van der Waals surface area (Å²) in [6.07, 6.45) is 0. The van der Waals surface area contributed by atoms with Crippen LogP contribution in [0.3, 0.4) is 0 Å². The van der Waals surface area contributed by atoms with Crippen LogP contribution in [0, 0.1) is 13.8 Å². The zero-order valence-corrected chi connectivity index (χ0v) is 12.3. The SMILES string of the molecule is Cc1ccc(C(=O)c2[nH]c3ccccc3c2C(=O)O)cc1C. The number of hydrogen-bond acceptors (Lipinski definition) is 2. The average molecular weight is 293 g/mol. The zero-order valence-electron chi connectivity index (χ0n) is 12.3. The molecule has 1 aromatic heterocycles. The Hall–Kier alpha value is -2.88. The molecule has 0 atom stereocenters. The molecule has 0 unspecified atom stereocenters. The zero-order chi connectivity index (χ0) is 15.9. The van der Waals surface area contributed by atoms with Gasteiger partial charge in [0.1, 0.15) is 5.69 Å². The van der Waals surface area contributed by atoms with Gasteiger partial charge in [-0.15, -0.1) is 0 Å². The number of aromatic nitrogens is 1. The molecular weight excluding hydrogens is 278 g/mol. The van der Waals surface area contributed by atoms with Gasteiger partial charge >= 0.3 is 5.97 Å². The van der Waals surface area contributed by atoms with E-state index >= 15 is 0 Å². The molecule has 0 bridgehead atoms. The van der Waals surface area contributed by atoms with Crippen molar-refractivity contribution in [1.82, 2.24) is 4.98 Å². The van der Waals surface area contributed by atoms with Crippen LogP contribution in [0.5, 0.6) is 0 Å². The minimum Gasteiger partial charge on any atom is -0.478 e. The van der Waals surface area contributed by atoms with E-state index in [4.69, 9.17) is 0 Å². The number of para-hydroxylation sites is 1. The second-order valence-electron chi connectivity index (χ2n) is 5.35. The first-order valence-corrected chi connectivity index (χ1v) is 6.95. The fourth-order valence-electron chi connectivity index (χ4n) is 2.56. The summed E-state index contributed by atoms with van der Waals surface area (Å²) in [6, 6.07) is 12.4. The van der Waals surface area contributed by atoms with Gasteiger partial charge in [0.25, 0.3) is 0 Å². The molecule has 2 N–H and O–H groups in total. The predicted molar refractivity (Wildman–Crippen MR) is 84.6 cm³/mol. The third-order valence-corrected chi connectivity index (χ3v) is 3.92. The number of aryl methyl sites for hydroxylation is 2. The lowest BCUT2D eigenvalue weighted by molar-refractivity contribution is 0.0695. The second kappa shape index (κ2) is 5.15. The quantitative estimate of drug-likeness (QED) is 0.723. The van der Waals surface area contributed by atoms with Crippen molar-refractivity contribution in [1.29, 1.82) is 0 Å². The highest BCUT2D eigenvalue weighted by Crippen LogP contribution is 2.25. The fraction of sp³-hybridized carbons (Fsp3) is 0.111. The maximum atomic E-state index is 12.7. The molecule has 0 aliphatic rings. The first kappa shape index (κ1) is 14.1. The first-order valence-electron chi connectivity index (χ1n) is 6.95. The van der Waals surface area contributed by atoms with Crippen LogP contribution in [0.1, 0.15) is 37.5 Å². The van der Waals surface area contributed by atoms with Gasteiger partial charge in [0.05, 0.1) is 5.56 Å². The number of carboxylic acids is 1. The largest absolute Gasteiger partial charge is 0.478 e. The molecule has 0 saturated carbocycles. The van der Waals surface area contributed by atoms with E-state index in [-0.39, 0.29) is 17.0 Å². The number of ketones is 1. The molecule has 0 aliphatic heterocycles. The van der Waals surface area contributed by atoms with Gasteiger partial charge < -0.3 is 10.1 Å². The minimum atomic E-state index is -1.11. The van der Waals surface area contributed by atoms with Gasteiger partial charge in [0.2, 0.25) is 5.78 Å². The van der Waals surface area contributed by atoms with E-state index in [2.05, 4.69) is 4.98 Å². The number of nitrogens with one attached hydrogen (secondary N) is 1. The highest BCUT2D eigenvalue weighted by Gasteiger charge is 2.23. The highest BCUT2D eigenvalue weighted by molar-refractivity contribution is 6.18. The van der Waals surface area contributed by atoms with Gasteiger partial charge in [0, 0.05) is 16.5 Å². The van der Waals surface area contributed by atoms with Crippen molar-refractivity contribution in [2.45, 2.75) is 13.8 Å². The molecule has 0 fully saturated rings. The molecule has 0 spiro atoms. The van der Waals surface area contributed by atoms with Gasteiger partial charge in [-0.25, -0.2) is 4.79 Å². The van der Waals surface area contributed by atoms with Crippen molar-refractivity contribution in [3.63, 3.8) is 0 Å². The summed E-state index contributed by atoms with van der Waals surface area (Å²) in [6.45, 7) is 3.89. The van der Waals surface area contributed by atoms with E-state index < -0.39 is 5.97 Å². The number of carboxylic acid groups (broad SMARTS) is 1. The molecule has 0 aliphatic carbocycles. The monoisotopic (exact) mass is 293 g/mol. The van der Waals surface area contributed by atoms with Crippen molar-refractivity contribution in [3.05, 3.63) is 70.4 Å². The Morgan fingerprint density at radius 2 is 1.73 bits per heavy atom. The number of rotatable bonds is 3. The molecule has 4 nitrogen and oxygen atoms in total. The van der Waals surface area contributed by atoms with Crippen molar-refractivity contribution < 1.29 is 14.7 Å². The molecular formula is C18H15NO3. The van der Waals surface area contributed by atoms with Crippen LogP contribution >= 0.6 is 0 Å². The molecule has 1 heterocycles. The maximum Gasteiger partial charge on any atom is 0.338 e. The standard InChI is InChI=1S/C18H15NO3/c1-10-7-8-12(9-11(10)2)17(20)16-15(18(21)22)13-5-3-4-6-14(13)19-16/h3-9,19H,1-2H3,(H,21,22). The number of carbonyl (C=O) groups is 2. The summed E-state index contributed by atoms with van der Waals surface area (Å²) in [7, 11) is 0. The molecule has 110 valence electrons. The maximum absolute atomic E-state index is 12.7. The molecule has 3 rings (SSSR count). The Balaban J connectivity index is 2.20. The van der Waals surface area contributed by atoms with Crippen molar-refractivity contribution >= 4 is 22.7 Å². The van der Waals surface area contributed by atoms with E-state index in [0.29, 0.717) is 16.5 Å². The first-order chi connectivity index (χ1) is 10.5. The Kier molecular flexibility index (Phi) is 3.29. The number of benzene rings is 2. The number of hydrogen-bond donors (Lipinski definition) is 2. The Morgan fingerprint density at radius 1 is 1.00 bits per heavy atom. The van der Waals surface area contributed by atoms with E-state index in [1.165, 1.54) is 0 Å². The molecule has 4 heteroatoms. The fourth-order valence-corrected chi connectivity index (χ4v) is 2.56. The average Bonchev–Trinajstić information content (AvgIpc) is 2.88. The van der Waals surface area contributed by atoms with Crippen LogP contribution in [0.4, 0.5) is 0 Å². The normalized spacial score (nSPS) is 10.8. The van der Waals surface area contributed by atoms with Crippen LogP contribution in [-0.2, 0) is 0 Å². The number of carbonyl (C=O) groups excluding carboxylic acids is 1. The summed E-state index contributed by atoms with van der Waals surface area (Å²) in [5.41, 5.74) is 3.37. The Bertz CT molecular complexity index is 906.